The lowest BCUT2D eigenvalue weighted by atomic mass is 10.0. The Labute approximate surface area is 168 Å². The van der Waals surface area contributed by atoms with E-state index in [0.29, 0.717) is 11.1 Å². The van der Waals surface area contributed by atoms with Crippen LogP contribution in [0.25, 0.3) is 5.57 Å². The summed E-state index contributed by atoms with van der Waals surface area (Å²) in [7, 11) is 2.59. The smallest absolute Gasteiger partial charge is 0.424 e. The van der Waals surface area contributed by atoms with Crippen molar-refractivity contribution in [3.05, 3.63) is 51.8 Å². The van der Waals surface area contributed by atoms with Gasteiger partial charge in [0.15, 0.2) is 5.56 Å². The van der Waals surface area contributed by atoms with Crippen molar-refractivity contribution in [2.45, 2.75) is 26.3 Å². The predicted molar refractivity (Wildman–Crippen MR) is 98.4 cm³/mol. The molecule has 28 heavy (non-hydrogen) atoms. The van der Waals surface area contributed by atoms with E-state index in [1.807, 2.05) is 0 Å². The van der Waals surface area contributed by atoms with Crippen molar-refractivity contribution in [3.63, 3.8) is 0 Å². The van der Waals surface area contributed by atoms with Crippen molar-refractivity contribution < 1.29 is 32.2 Å². The number of carbonyl (C=O) groups excluding carboxylic acids is 1. The van der Waals surface area contributed by atoms with Gasteiger partial charge in [0.2, 0.25) is 5.88 Å². The summed E-state index contributed by atoms with van der Waals surface area (Å²) in [6.07, 6.45) is -3.44. The quantitative estimate of drug-likeness (QED) is 0.346. The zero-order valence-electron chi connectivity index (χ0n) is 15.3. The van der Waals surface area contributed by atoms with Crippen LogP contribution in [0.2, 0.25) is 0 Å². The molecule has 0 saturated heterocycles. The highest BCUT2D eigenvalue weighted by molar-refractivity contribution is 9.10. The molecular weight excluding hydrogens is 445 g/mol. The average Bonchev–Trinajstić information content (AvgIpc) is 3.00. The zero-order chi connectivity index (χ0) is 20.9. The first-order valence-electron chi connectivity index (χ1n) is 8.10. The summed E-state index contributed by atoms with van der Waals surface area (Å²) < 4.78 is 56.2. The molecule has 2 aromatic rings. The molecule has 0 fully saturated rings. The molecule has 2 rings (SSSR count). The van der Waals surface area contributed by atoms with Crippen LogP contribution in [-0.2, 0) is 33.6 Å². The summed E-state index contributed by atoms with van der Waals surface area (Å²) in [4.78, 5) is 12.0. The first-order chi connectivity index (χ1) is 13.2. The van der Waals surface area contributed by atoms with E-state index in [9.17, 15) is 18.0 Å². The molecule has 1 aromatic heterocycles. The van der Waals surface area contributed by atoms with Gasteiger partial charge in [-0.3, -0.25) is 4.68 Å². The van der Waals surface area contributed by atoms with Crippen LogP contribution >= 0.6 is 15.9 Å². The summed E-state index contributed by atoms with van der Waals surface area (Å²) in [6, 6.07) is 6.59. The molecule has 0 N–H and O–H groups in total. The van der Waals surface area contributed by atoms with Crippen molar-refractivity contribution in [2.24, 2.45) is 0 Å². The molecule has 0 aliphatic carbocycles. The van der Waals surface area contributed by atoms with E-state index < -0.39 is 23.6 Å². The number of aryl methyl sites for hydroxylation is 1. The SMILES string of the molecule is CCn1nc(OCc2ccccc2/C(=C\OC)C(=O)OC)c(C(F)(F)F)c1Br. The molecule has 10 heteroatoms. The molecule has 0 saturated carbocycles. The largest absolute Gasteiger partial charge is 0.503 e. The van der Waals surface area contributed by atoms with Crippen LogP contribution in [0.3, 0.4) is 0 Å². The lowest BCUT2D eigenvalue weighted by Gasteiger charge is -2.13. The van der Waals surface area contributed by atoms with E-state index in [0.717, 1.165) is 4.68 Å². The van der Waals surface area contributed by atoms with Crippen LogP contribution in [0.4, 0.5) is 13.2 Å². The minimum atomic E-state index is -4.64. The van der Waals surface area contributed by atoms with E-state index in [4.69, 9.17) is 14.2 Å². The van der Waals surface area contributed by atoms with Crippen LogP contribution in [0.1, 0.15) is 23.6 Å². The molecule has 0 radical (unpaired) electrons. The number of methoxy groups -OCH3 is 2. The number of alkyl halides is 3. The van der Waals surface area contributed by atoms with Crippen molar-refractivity contribution >= 4 is 27.5 Å². The Bertz CT molecular complexity index is 878. The van der Waals surface area contributed by atoms with Gasteiger partial charge in [-0.1, -0.05) is 24.3 Å². The zero-order valence-corrected chi connectivity index (χ0v) is 16.9. The third-order valence-electron chi connectivity index (χ3n) is 3.75. The Balaban J connectivity index is 2.40. The maximum atomic E-state index is 13.4. The van der Waals surface area contributed by atoms with Gasteiger partial charge in [0.1, 0.15) is 16.8 Å². The number of halogens is 4. The number of ether oxygens (including phenoxy) is 3. The maximum absolute atomic E-state index is 13.4. The topological polar surface area (TPSA) is 62.6 Å². The highest BCUT2D eigenvalue weighted by Gasteiger charge is 2.40. The van der Waals surface area contributed by atoms with Gasteiger partial charge in [-0.15, -0.1) is 5.10 Å². The van der Waals surface area contributed by atoms with Gasteiger partial charge in [0.25, 0.3) is 0 Å². The third-order valence-corrected chi connectivity index (χ3v) is 4.56. The molecule has 0 unspecified atom stereocenters. The van der Waals surface area contributed by atoms with Crippen LogP contribution in [-0.4, -0.2) is 30.0 Å². The Kier molecular flexibility index (Phi) is 7.11. The van der Waals surface area contributed by atoms with Gasteiger partial charge in [-0.2, -0.15) is 13.2 Å². The van der Waals surface area contributed by atoms with Crippen molar-refractivity contribution in [3.8, 4) is 5.88 Å². The molecule has 1 heterocycles. The van der Waals surface area contributed by atoms with Crippen LogP contribution in [0.15, 0.2) is 35.1 Å². The van der Waals surface area contributed by atoms with Gasteiger partial charge >= 0.3 is 12.1 Å². The number of esters is 1. The number of aromatic nitrogens is 2. The van der Waals surface area contributed by atoms with E-state index in [-0.39, 0.29) is 23.3 Å². The van der Waals surface area contributed by atoms with Gasteiger partial charge in [0.05, 0.1) is 20.5 Å². The second-order valence-electron chi connectivity index (χ2n) is 5.49. The van der Waals surface area contributed by atoms with Gasteiger partial charge in [-0.05, 0) is 34.0 Å². The number of hydrogen-bond acceptors (Lipinski definition) is 5. The minimum absolute atomic E-state index is 0.112. The fourth-order valence-electron chi connectivity index (χ4n) is 2.47. The monoisotopic (exact) mass is 462 g/mol. The molecule has 152 valence electrons. The predicted octanol–water partition coefficient (Wildman–Crippen LogP) is 4.42. The van der Waals surface area contributed by atoms with E-state index >= 15 is 0 Å². The Morgan fingerprint density at radius 1 is 1.29 bits per heavy atom. The lowest BCUT2D eigenvalue weighted by Crippen LogP contribution is -2.10. The van der Waals surface area contributed by atoms with E-state index in [1.54, 1.807) is 31.2 Å². The Morgan fingerprint density at radius 3 is 2.54 bits per heavy atom. The number of nitrogens with zero attached hydrogens (tertiary/aromatic N) is 2. The molecule has 0 amide bonds. The molecule has 0 aliphatic heterocycles. The number of hydrogen-bond donors (Lipinski definition) is 0. The Hall–Kier alpha value is -2.49. The number of carbonyl (C=O) groups is 1. The number of rotatable bonds is 7. The first kappa shape index (κ1) is 21.8. The molecule has 0 atom stereocenters. The standard InChI is InChI=1S/C18H18BrF3N2O4/c1-4-24-15(19)14(18(20,21)22)16(23-24)28-9-11-7-5-6-8-12(11)13(10-26-2)17(25)27-3/h5-8,10H,4,9H2,1-3H3/b13-10+. The summed E-state index contributed by atoms with van der Waals surface area (Å²) >= 11 is 2.92. The molecule has 0 spiro atoms. The van der Waals surface area contributed by atoms with Crippen molar-refractivity contribution in [1.29, 1.82) is 0 Å². The fourth-order valence-corrected chi connectivity index (χ4v) is 3.20. The highest BCUT2D eigenvalue weighted by Crippen LogP contribution is 2.41. The molecule has 1 aromatic carbocycles. The summed E-state index contributed by atoms with van der Waals surface area (Å²) in [5.74, 6) is -1.20. The fraction of sp³-hybridized carbons (Fsp3) is 0.333. The van der Waals surface area contributed by atoms with Crippen LogP contribution < -0.4 is 4.74 Å². The maximum Gasteiger partial charge on any atom is 0.424 e. The number of benzene rings is 1. The summed E-state index contributed by atoms with van der Waals surface area (Å²) in [5.41, 5.74) is -0.00165. The molecule has 0 bridgehead atoms. The second-order valence-corrected chi connectivity index (χ2v) is 6.24. The summed E-state index contributed by atoms with van der Waals surface area (Å²) in [5, 5.41) is 3.87. The van der Waals surface area contributed by atoms with Gasteiger partial charge < -0.3 is 14.2 Å². The van der Waals surface area contributed by atoms with Gasteiger partial charge in [0, 0.05) is 6.54 Å². The lowest BCUT2D eigenvalue weighted by molar-refractivity contribution is -0.139. The van der Waals surface area contributed by atoms with Gasteiger partial charge in [-0.25, -0.2) is 4.79 Å². The molecular formula is C18H18BrF3N2O4. The van der Waals surface area contributed by atoms with Crippen molar-refractivity contribution in [1.82, 2.24) is 9.78 Å². The minimum Gasteiger partial charge on any atom is -0.503 e. The van der Waals surface area contributed by atoms with Crippen LogP contribution in [0, 0.1) is 0 Å². The van der Waals surface area contributed by atoms with E-state index in [1.165, 1.54) is 20.5 Å². The first-order valence-corrected chi connectivity index (χ1v) is 8.89. The average molecular weight is 463 g/mol. The highest BCUT2D eigenvalue weighted by atomic mass is 79.9. The Morgan fingerprint density at radius 2 is 1.96 bits per heavy atom. The van der Waals surface area contributed by atoms with Crippen LogP contribution in [0.5, 0.6) is 5.88 Å². The third kappa shape index (κ3) is 4.67. The molecule has 6 nitrogen and oxygen atoms in total. The second kappa shape index (κ2) is 9.13. The summed E-state index contributed by atoms with van der Waals surface area (Å²) in [6.45, 7) is 1.65. The van der Waals surface area contributed by atoms with E-state index in [2.05, 4.69) is 21.0 Å². The normalized spacial score (nSPS) is 12.0. The van der Waals surface area contributed by atoms with Crippen molar-refractivity contribution in [2.75, 3.05) is 14.2 Å². The molecule has 0 aliphatic rings.